The number of hydrogen-bond acceptors (Lipinski definition) is 4. The number of nitrogens with zero attached hydrogens (tertiary/aromatic N) is 3. The lowest BCUT2D eigenvalue weighted by Crippen LogP contribution is -2.13. The van der Waals surface area contributed by atoms with E-state index in [4.69, 9.17) is 0 Å². The zero-order chi connectivity index (χ0) is 14.7. The highest BCUT2D eigenvalue weighted by molar-refractivity contribution is 5.62. The maximum absolute atomic E-state index is 11.1. The minimum absolute atomic E-state index is 0.130. The molecule has 0 spiro atoms. The summed E-state index contributed by atoms with van der Waals surface area (Å²) in [5.41, 5.74) is 2.49. The molecule has 0 fully saturated rings. The Morgan fingerprint density at radius 3 is 2.57 bits per heavy atom. The second kappa shape index (κ2) is 5.58. The van der Waals surface area contributed by atoms with Gasteiger partial charge in [-0.15, -0.1) is 0 Å². The predicted octanol–water partition coefficient (Wildman–Crippen LogP) is 2.60. The van der Waals surface area contributed by atoms with E-state index in [-0.39, 0.29) is 5.56 Å². The summed E-state index contributed by atoms with van der Waals surface area (Å²) in [7, 11) is 1.92. The van der Waals surface area contributed by atoms with E-state index in [9.17, 15) is 4.79 Å². The Morgan fingerprint density at radius 1 is 1.05 bits per heavy atom. The predicted molar refractivity (Wildman–Crippen MR) is 82.6 cm³/mol. The standard InChI is InChI=1S/C16H14N4O/c1-20(13-5-3-2-4-6-13)16-17-10-9-14(19-16)12-7-8-15(21)18-11-12/h2-11H,1H3,(H,18,21). The van der Waals surface area contributed by atoms with Crippen LogP contribution in [0.25, 0.3) is 11.3 Å². The zero-order valence-corrected chi connectivity index (χ0v) is 11.5. The maximum Gasteiger partial charge on any atom is 0.247 e. The Hall–Kier alpha value is -2.95. The average Bonchev–Trinajstić information content (AvgIpc) is 2.56. The van der Waals surface area contributed by atoms with Crippen LogP contribution in [0.3, 0.4) is 0 Å². The molecule has 1 aromatic carbocycles. The smallest absolute Gasteiger partial charge is 0.247 e. The highest BCUT2D eigenvalue weighted by atomic mass is 16.1. The number of benzene rings is 1. The molecule has 21 heavy (non-hydrogen) atoms. The van der Waals surface area contributed by atoms with Gasteiger partial charge in [0.2, 0.25) is 11.5 Å². The largest absolute Gasteiger partial charge is 0.328 e. The molecule has 1 N–H and O–H groups in total. The summed E-state index contributed by atoms with van der Waals surface area (Å²) < 4.78 is 0. The van der Waals surface area contributed by atoms with Crippen LogP contribution in [0.4, 0.5) is 11.6 Å². The molecule has 0 saturated carbocycles. The first-order valence-electron chi connectivity index (χ1n) is 6.55. The van der Waals surface area contributed by atoms with Crippen molar-refractivity contribution in [3.63, 3.8) is 0 Å². The molecule has 3 aromatic rings. The summed E-state index contributed by atoms with van der Waals surface area (Å²) in [6, 6.07) is 14.9. The van der Waals surface area contributed by atoms with Crippen molar-refractivity contribution in [3.05, 3.63) is 71.3 Å². The fourth-order valence-corrected chi connectivity index (χ4v) is 2.01. The van der Waals surface area contributed by atoms with Crippen LogP contribution in [0.5, 0.6) is 0 Å². The number of para-hydroxylation sites is 1. The molecule has 5 heteroatoms. The number of H-pyrrole nitrogens is 1. The van der Waals surface area contributed by atoms with Gasteiger partial charge in [-0.1, -0.05) is 18.2 Å². The fraction of sp³-hybridized carbons (Fsp3) is 0.0625. The SMILES string of the molecule is CN(c1ccccc1)c1nccc(-c2ccc(=O)[nH]c2)n1. The summed E-state index contributed by atoms with van der Waals surface area (Å²) in [5, 5.41) is 0. The molecule has 5 nitrogen and oxygen atoms in total. The van der Waals surface area contributed by atoms with Crippen molar-refractivity contribution in [1.82, 2.24) is 15.0 Å². The first kappa shape index (κ1) is 13.1. The van der Waals surface area contributed by atoms with Crippen LogP contribution < -0.4 is 10.5 Å². The summed E-state index contributed by atoms with van der Waals surface area (Å²) in [6.07, 6.45) is 3.36. The molecule has 0 unspecified atom stereocenters. The molecule has 0 atom stereocenters. The van der Waals surface area contributed by atoms with Crippen LogP contribution >= 0.6 is 0 Å². The Kier molecular flexibility index (Phi) is 3.47. The van der Waals surface area contributed by atoms with Crippen LogP contribution in [0.2, 0.25) is 0 Å². The highest BCUT2D eigenvalue weighted by Crippen LogP contribution is 2.22. The van der Waals surface area contributed by atoms with E-state index in [1.807, 2.05) is 48.3 Å². The molecule has 0 saturated heterocycles. The van der Waals surface area contributed by atoms with Crippen molar-refractivity contribution >= 4 is 11.6 Å². The molecule has 0 aliphatic rings. The normalized spacial score (nSPS) is 10.3. The Morgan fingerprint density at radius 2 is 1.86 bits per heavy atom. The van der Waals surface area contributed by atoms with Crippen LogP contribution in [0, 0.1) is 0 Å². The number of aromatic nitrogens is 3. The van der Waals surface area contributed by atoms with Gasteiger partial charge < -0.3 is 9.88 Å². The number of rotatable bonds is 3. The lowest BCUT2D eigenvalue weighted by Gasteiger charge is -2.17. The quantitative estimate of drug-likeness (QED) is 0.800. The molecule has 2 aromatic heterocycles. The van der Waals surface area contributed by atoms with Crippen LogP contribution in [0.15, 0.2) is 65.7 Å². The minimum atomic E-state index is -0.130. The first-order valence-corrected chi connectivity index (χ1v) is 6.55. The van der Waals surface area contributed by atoms with Gasteiger partial charge in [0.05, 0.1) is 5.69 Å². The molecular weight excluding hydrogens is 264 g/mol. The Balaban J connectivity index is 1.97. The van der Waals surface area contributed by atoms with Crippen molar-refractivity contribution in [3.8, 4) is 11.3 Å². The maximum atomic E-state index is 11.1. The lowest BCUT2D eigenvalue weighted by atomic mass is 10.2. The van der Waals surface area contributed by atoms with Gasteiger partial charge in [-0.3, -0.25) is 4.79 Å². The van der Waals surface area contributed by atoms with E-state index in [1.54, 1.807) is 18.5 Å². The van der Waals surface area contributed by atoms with E-state index in [2.05, 4.69) is 15.0 Å². The van der Waals surface area contributed by atoms with Gasteiger partial charge in [0.1, 0.15) is 0 Å². The minimum Gasteiger partial charge on any atom is -0.328 e. The average molecular weight is 278 g/mol. The van der Waals surface area contributed by atoms with Gasteiger partial charge in [0, 0.05) is 36.8 Å². The molecule has 0 bridgehead atoms. The second-order valence-electron chi connectivity index (χ2n) is 4.58. The molecule has 0 amide bonds. The van der Waals surface area contributed by atoms with E-state index < -0.39 is 0 Å². The molecule has 0 aliphatic heterocycles. The van der Waals surface area contributed by atoms with Crippen LogP contribution in [-0.2, 0) is 0 Å². The van der Waals surface area contributed by atoms with Gasteiger partial charge in [-0.25, -0.2) is 9.97 Å². The van der Waals surface area contributed by atoms with Crippen LogP contribution in [-0.4, -0.2) is 22.0 Å². The summed E-state index contributed by atoms with van der Waals surface area (Å²) >= 11 is 0. The van der Waals surface area contributed by atoms with Crippen molar-refractivity contribution < 1.29 is 0 Å². The molecule has 104 valence electrons. The number of pyridine rings is 1. The second-order valence-corrected chi connectivity index (χ2v) is 4.58. The first-order chi connectivity index (χ1) is 10.2. The van der Waals surface area contributed by atoms with E-state index in [1.165, 1.54) is 6.07 Å². The van der Waals surface area contributed by atoms with E-state index in [0.717, 1.165) is 16.9 Å². The summed E-state index contributed by atoms with van der Waals surface area (Å²) in [6.45, 7) is 0. The Labute approximate surface area is 121 Å². The van der Waals surface area contributed by atoms with Gasteiger partial charge in [-0.05, 0) is 24.3 Å². The van der Waals surface area contributed by atoms with E-state index in [0.29, 0.717) is 5.95 Å². The van der Waals surface area contributed by atoms with Gasteiger partial charge in [0.25, 0.3) is 0 Å². The Bertz CT molecular complexity index is 778. The van der Waals surface area contributed by atoms with Crippen molar-refractivity contribution in [2.24, 2.45) is 0 Å². The zero-order valence-electron chi connectivity index (χ0n) is 11.5. The van der Waals surface area contributed by atoms with Gasteiger partial charge in [-0.2, -0.15) is 0 Å². The molecule has 0 radical (unpaired) electrons. The monoisotopic (exact) mass is 278 g/mol. The van der Waals surface area contributed by atoms with Crippen LogP contribution in [0.1, 0.15) is 0 Å². The number of aromatic amines is 1. The molecule has 2 heterocycles. The lowest BCUT2D eigenvalue weighted by molar-refractivity contribution is 1.04. The third kappa shape index (κ3) is 2.81. The molecular formula is C16H14N4O. The number of hydrogen-bond donors (Lipinski definition) is 1. The number of anilines is 2. The molecule has 0 aliphatic carbocycles. The number of nitrogens with one attached hydrogen (secondary N) is 1. The topological polar surface area (TPSA) is 61.9 Å². The van der Waals surface area contributed by atoms with Gasteiger partial charge in [0.15, 0.2) is 0 Å². The van der Waals surface area contributed by atoms with Crippen molar-refractivity contribution in [2.45, 2.75) is 0 Å². The third-order valence-corrected chi connectivity index (χ3v) is 3.17. The van der Waals surface area contributed by atoms with Crippen molar-refractivity contribution in [1.29, 1.82) is 0 Å². The van der Waals surface area contributed by atoms with E-state index >= 15 is 0 Å². The third-order valence-electron chi connectivity index (χ3n) is 3.17. The highest BCUT2D eigenvalue weighted by Gasteiger charge is 2.08. The fourth-order valence-electron chi connectivity index (χ4n) is 2.01. The molecule has 3 rings (SSSR count). The summed E-state index contributed by atoms with van der Waals surface area (Å²) in [4.78, 5) is 24.5. The summed E-state index contributed by atoms with van der Waals surface area (Å²) in [5.74, 6) is 0.602. The van der Waals surface area contributed by atoms with Crippen molar-refractivity contribution in [2.75, 3.05) is 11.9 Å². The van der Waals surface area contributed by atoms with Gasteiger partial charge >= 0.3 is 0 Å².